The molecule has 1 atom stereocenters. The van der Waals surface area contributed by atoms with Gasteiger partial charge in [0, 0.05) is 6.04 Å². The molecule has 0 radical (unpaired) electrons. The average molecular weight is 292 g/mol. The van der Waals surface area contributed by atoms with Crippen molar-refractivity contribution in [3.05, 3.63) is 69.0 Å². The minimum absolute atomic E-state index is 0.145. The summed E-state index contributed by atoms with van der Waals surface area (Å²) in [5.41, 5.74) is 11.5. The lowest BCUT2D eigenvalue weighted by molar-refractivity contribution is 0.592. The van der Waals surface area contributed by atoms with Crippen LogP contribution in [0.5, 0.6) is 0 Å². The molecule has 1 unspecified atom stereocenters. The molecule has 2 N–H and O–H groups in total. The fourth-order valence-corrected chi connectivity index (χ4v) is 3.02. The number of benzene rings is 2. The Hall–Kier alpha value is -1.38. The fraction of sp³-hybridized carbons (Fsp3) is 0.294. The van der Waals surface area contributed by atoms with Crippen molar-refractivity contribution in [2.24, 2.45) is 5.73 Å². The third-order valence-corrected chi connectivity index (χ3v) is 3.87. The zero-order chi connectivity index (χ0) is 14.9. The van der Waals surface area contributed by atoms with Gasteiger partial charge in [-0.05, 0) is 55.5 Å². The third-order valence-electron chi connectivity index (χ3n) is 3.58. The van der Waals surface area contributed by atoms with Crippen molar-refractivity contribution >= 4 is 11.6 Å². The van der Waals surface area contributed by atoms with E-state index in [2.05, 4.69) is 19.1 Å². The quantitative estimate of drug-likeness (QED) is 0.875. The molecule has 0 spiro atoms. The van der Waals surface area contributed by atoms with Gasteiger partial charge < -0.3 is 5.73 Å². The maximum absolute atomic E-state index is 14.0. The van der Waals surface area contributed by atoms with Gasteiger partial charge in [-0.15, -0.1) is 0 Å². The Balaban J connectivity index is 2.33. The van der Waals surface area contributed by atoms with E-state index in [0.29, 0.717) is 12.0 Å². The molecule has 0 aliphatic rings. The zero-order valence-corrected chi connectivity index (χ0v) is 12.8. The smallest absolute Gasteiger partial charge is 0.145 e. The first-order valence-corrected chi connectivity index (χ1v) is 7.04. The van der Waals surface area contributed by atoms with E-state index in [-0.39, 0.29) is 16.9 Å². The van der Waals surface area contributed by atoms with E-state index in [0.717, 1.165) is 16.7 Å². The summed E-state index contributed by atoms with van der Waals surface area (Å²) in [6.07, 6.45) is 0.442. The van der Waals surface area contributed by atoms with Crippen LogP contribution < -0.4 is 5.73 Å². The molecule has 0 saturated carbocycles. The SMILES string of the molecule is Cc1cc(C)c(C(N)Cc2cccc(Cl)c2F)c(C)c1. The number of nitrogens with two attached hydrogens (primary N) is 1. The Morgan fingerprint density at radius 2 is 1.75 bits per heavy atom. The Bertz CT molecular complexity index is 614. The monoisotopic (exact) mass is 291 g/mol. The summed E-state index contributed by atoms with van der Waals surface area (Å²) in [5, 5.41) is 0.145. The van der Waals surface area contributed by atoms with Crippen LogP contribution in [0.25, 0.3) is 0 Å². The number of aryl methyl sites for hydroxylation is 3. The molecule has 0 saturated heterocycles. The number of hydrogen-bond donors (Lipinski definition) is 1. The molecule has 1 nitrogen and oxygen atoms in total. The van der Waals surface area contributed by atoms with Crippen molar-refractivity contribution in [1.82, 2.24) is 0 Å². The molecule has 2 rings (SSSR count). The predicted octanol–water partition coefficient (Wildman–Crippen LogP) is 4.65. The molecule has 2 aromatic rings. The van der Waals surface area contributed by atoms with Gasteiger partial charge in [-0.3, -0.25) is 0 Å². The van der Waals surface area contributed by atoms with Gasteiger partial charge in [-0.1, -0.05) is 41.4 Å². The number of hydrogen-bond acceptors (Lipinski definition) is 1. The largest absolute Gasteiger partial charge is 0.324 e. The molecule has 0 aliphatic carbocycles. The molecule has 106 valence electrons. The van der Waals surface area contributed by atoms with Crippen LogP contribution in [0.1, 0.15) is 33.9 Å². The summed E-state index contributed by atoms with van der Waals surface area (Å²) in [6, 6.07) is 9.02. The first-order chi connectivity index (χ1) is 9.40. The Morgan fingerprint density at radius 3 is 2.35 bits per heavy atom. The predicted molar refractivity (Wildman–Crippen MR) is 82.7 cm³/mol. The summed E-state index contributed by atoms with van der Waals surface area (Å²) in [7, 11) is 0. The van der Waals surface area contributed by atoms with Crippen LogP contribution in [0.2, 0.25) is 5.02 Å². The van der Waals surface area contributed by atoms with Crippen LogP contribution in [0, 0.1) is 26.6 Å². The van der Waals surface area contributed by atoms with Crippen LogP contribution >= 0.6 is 11.6 Å². The maximum atomic E-state index is 14.0. The van der Waals surface area contributed by atoms with E-state index in [1.54, 1.807) is 18.2 Å². The van der Waals surface area contributed by atoms with Crippen LogP contribution in [0.3, 0.4) is 0 Å². The van der Waals surface area contributed by atoms with Crippen LogP contribution in [0.15, 0.2) is 30.3 Å². The van der Waals surface area contributed by atoms with Gasteiger partial charge in [-0.25, -0.2) is 4.39 Å². The normalized spacial score (nSPS) is 12.5. The van der Waals surface area contributed by atoms with Crippen molar-refractivity contribution < 1.29 is 4.39 Å². The second kappa shape index (κ2) is 5.94. The van der Waals surface area contributed by atoms with Crippen molar-refractivity contribution in [2.75, 3.05) is 0 Å². The van der Waals surface area contributed by atoms with E-state index in [9.17, 15) is 4.39 Å². The second-order valence-electron chi connectivity index (χ2n) is 5.34. The molecule has 2 aromatic carbocycles. The van der Waals surface area contributed by atoms with Crippen LogP contribution in [-0.2, 0) is 6.42 Å². The topological polar surface area (TPSA) is 26.0 Å². The zero-order valence-electron chi connectivity index (χ0n) is 12.0. The molecule has 0 aliphatic heterocycles. The average Bonchev–Trinajstić information content (AvgIpc) is 2.33. The highest BCUT2D eigenvalue weighted by Gasteiger charge is 2.16. The van der Waals surface area contributed by atoms with Gasteiger partial charge in [0.25, 0.3) is 0 Å². The highest BCUT2D eigenvalue weighted by molar-refractivity contribution is 6.30. The van der Waals surface area contributed by atoms with Crippen molar-refractivity contribution in [1.29, 1.82) is 0 Å². The molecule has 0 amide bonds. The Kier molecular flexibility index (Phi) is 4.46. The van der Waals surface area contributed by atoms with E-state index in [1.165, 1.54) is 5.56 Å². The van der Waals surface area contributed by atoms with Crippen LogP contribution in [-0.4, -0.2) is 0 Å². The van der Waals surface area contributed by atoms with Crippen molar-refractivity contribution in [3.8, 4) is 0 Å². The Morgan fingerprint density at radius 1 is 1.15 bits per heavy atom. The van der Waals surface area contributed by atoms with Crippen molar-refractivity contribution in [3.63, 3.8) is 0 Å². The third kappa shape index (κ3) is 3.02. The lowest BCUT2D eigenvalue weighted by atomic mass is 9.91. The van der Waals surface area contributed by atoms with E-state index in [4.69, 9.17) is 17.3 Å². The molecule has 0 bridgehead atoms. The minimum Gasteiger partial charge on any atom is -0.324 e. The molecule has 0 heterocycles. The first kappa shape index (κ1) is 15.0. The van der Waals surface area contributed by atoms with Gasteiger partial charge in [-0.2, -0.15) is 0 Å². The van der Waals surface area contributed by atoms with Gasteiger partial charge in [0.2, 0.25) is 0 Å². The summed E-state index contributed by atoms with van der Waals surface area (Å²) in [4.78, 5) is 0. The van der Waals surface area contributed by atoms with E-state index in [1.807, 2.05) is 13.8 Å². The Labute approximate surface area is 124 Å². The molecule has 0 fully saturated rings. The van der Waals surface area contributed by atoms with Crippen LogP contribution in [0.4, 0.5) is 4.39 Å². The lowest BCUT2D eigenvalue weighted by Gasteiger charge is -2.19. The molecular weight excluding hydrogens is 273 g/mol. The van der Waals surface area contributed by atoms with Gasteiger partial charge in [0.1, 0.15) is 5.82 Å². The van der Waals surface area contributed by atoms with E-state index >= 15 is 0 Å². The highest BCUT2D eigenvalue weighted by atomic mass is 35.5. The van der Waals surface area contributed by atoms with Crippen molar-refractivity contribution in [2.45, 2.75) is 33.2 Å². The highest BCUT2D eigenvalue weighted by Crippen LogP contribution is 2.27. The summed E-state index contributed by atoms with van der Waals surface area (Å²) < 4.78 is 14.0. The molecule has 20 heavy (non-hydrogen) atoms. The number of halogens is 2. The van der Waals surface area contributed by atoms with Gasteiger partial charge in [0.05, 0.1) is 5.02 Å². The molecular formula is C17H19ClFN. The van der Waals surface area contributed by atoms with Gasteiger partial charge >= 0.3 is 0 Å². The molecule has 0 aromatic heterocycles. The van der Waals surface area contributed by atoms with E-state index < -0.39 is 0 Å². The van der Waals surface area contributed by atoms with Gasteiger partial charge in [0.15, 0.2) is 0 Å². The molecule has 3 heteroatoms. The number of rotatable bonds is 3. The maximum Gasteiger partial charge on any atom is 0.145 e. The standard InChI is InChI=1S/C17H19ClFN/c1-10-7-11(2)16(12(3)8-10)15(20)9-13-5-4-6-14(18)17(13)19/h4-8,15H,9,20H2,1-3H3. The second-order valence-corrected chi connectivity index (χ2v) is 5.74. The first-order valence-electron chi connectivity index (χ1n) is 6.66. The summed E-state index contributed by atoms with van der Waals surface area (Å²) in [6.45, 7) is 6.15. The summed E-state index contributed by atoms with van der Waals surface area (Å²) >= 11 is 5.81. The summed E-state index contributed by atoms with van der Waals surface area (Å²) in [5.74, 6) is -0.368. The lowest BCUT2D eigenvalue weighted by Crippen LogP contribution is -2.17. The fourth-order valence-electron chi connectivity index (χ4n) is 2.82. The minimum atomic E-state index is -0.368.